The lowest BCUT2D eigenvalue weighted by Crippen LogP contribution is -2.12. The number of halogens is 1. The predicted octanol–water partition coefficient (Wildman–Crippen LogP) is 4.15. The van der Waals surface area contributed by atoms with Crippen LogP contribution in [0.2, 0.25) is 5.02 Å². The van der Waals surface area contributed by atoms with Crippen molar-refractivity contribution in [3.8, 4) is 0 Å². The Morgan fingerprint density at radius 3 is 2.87 bits per heavy atom. The summed E-state index contributed by atoms with van der Waals surface area (Å²) in [5.41, 5.74) is 1.95. The van der Waals surface area contributed by atoms with E-state index in [1.165, 1.54) is 0 Å². The number of nitrogens with one attached hydrogen (secondary N) is 1. The molecule has 116 valence electrons. The van der Waals surface area contributed by atoms with E-state index >= 15 is 0 Å². The van der Waals surface area contributed by atoms with Crippen molar-refractivity contribution in [1.29, 1.82) is 0 Å². The van der Waals surface area contributed by atoms with Crippen molar-refractivity contribution < 1.29 is 4.79 Å². The number of aromatic nitrogens is 1. The largest absolute Gasteiger partial charge is 0.322 e. The minimum Gasteiger partial charge on any atom is -0.322 e. The average molecular weight is 345 g/mol. The number of thiazole rings is 1. The zero-order chi connectivity index (χ0) is 16.4. The van der Waals surface area contributed by atoms with Gasteiger partial charge in [0.2, 0.25) is 0 Å². The van der Waals surface area contributed by atoms with Crippen LogP contribution in [0.15, 0.2) is 59.9 Å². The maximum absolute atomic E-state index is 12.2. The van der Waals surface area contributed by atoms with Crippen molar-refractivity contribution in [3.63, 3.8) is 0 Å². The fourth-order valence-electron chi connectivity index (χ4n) is 2.28. The molecule has 1 aromatic heterocycles. The maximum atomic E-state index is 12.2. The van der Waals surface area contributed by atoms with Gasteiger partial charge in [0, 0.05) is 22.8 Å². The number of anilines is 1. The Morgan fingerprint density at radius 2 is 2.13 bits per heavy atom. The normalized spacial score (nSPS) is 10.7. The van der Waals surface area contributed by atoms with Gasteiger partial charge in [0.25, 0.3) is 5.91 Å². The summed E-state index contributed by atoms with van der Waals surface area (Å²) in [6, 6.07) is 12.1. The van der Waals surface area contributed by atoms with Crippen LogP contribution in [0.25, 0.3) is 10.2 Å². The lowest BCUT2D eigenvalue weighted by Gasteiger charge is -2.06. The molecule has 0 aliphatic rings. The van der Waals surface area contributed by atoms with Gasteiger partial charge in [-0.3, -0.25) is 14.2 Å². The number of hydrogen-bond donors (Lipinski definition) is 1. The molecular formula is C17H13ClN2O2S. The monoisotopic (exact) mass is 344 g/mol. The fourth-order valence-corrected chi connectivity index (χ4v) is 3.41. The first kappa shape index (κ1) is 15.5. The standard InChI is InChI=1S/C17H13ClN2O2S/c1-2-8-20-14-7-6-13(10-15(14)23-17(20)22)19-16(21)11-4-3-5-12(18)9-11/h2-7,9-10H,1,8H2,(H,19,21). The highest BCUT2D eigenvalue weighted by molar-refractivity contribution is 7.16. The Kier molecular flexibility index (Phi) is 4.32. The molecule has 0 atom stereocenters. The molecule has 0 aliphatic carbocycles. The van der Waals surface area contributed by atoms with Crippen LogP contribution >= 0.6 is 22.9 Å². The Hall–Kier alpha value is -2.37. The zero-order valence-corrected chi connectivity index (χ0v) is 13.7. The second kappa shape index (κ2) is 6.40. The molecule has 1 amide bonds. The molecular weight excluding hydrogens is 332 g/mol. The first-order valence-electron chi connectivity index (χ1n) is 6.89. The average Bonchev–Trinajstić information content (AvgIpc) is 2.83. The van der Waals surface area contributed by atoms with Crippen LogP contribution in [0.1, 0.15) is 10.4 Å². The molecule has 6 heteroatoms. The van der Waals surface area contributed by atoms with Gasteiger partial charge in [-0.05, 0) is 36.4 Å². The van der Waals surface area contributed by atoms with Gasteiger partial charge in [0.1, 0.15) is 0 Å². The molecule has 0 radical (unpaired) electrons. The molecule has 2 aromatic carbocycles. The number of benzene rings is 2. The molecule has 0 fully saturated rings. The highest BCUT2D eigenvalue weighted by atomic mass is 35.5. The number of hydrogen-bond acceptors (Lipinski definition) is 3. The Balaban J connectivity index is 1.91. The van der Waals surface area contributed by atoms with Crippen LogP contribution in [0.3, 0.4) is 0 Å². The van der Waals surface area contributed by atoms with Crippen molar-refractivity contribution in [2.75, 3.05) is 5.32 Å². The van der Waals surface area contributed by atoms with Crippen LogP contribution in [0.4, 0.5) is 5.69 Å². The number of fused-ring (bicyclic) bond motifs is 1. The van der Waals surface area contributed by atoms with Crippen molar-refractivity contribution >= 4 is 44.7 Å². The van der Waals surface area contributed by atoms with E-state index in [2.05, 4.69) is 11.9 Å². The van der Waals surface area contributed by atoms with E-state index in [4.69, 9.17) is 11.6 Å². The SMILES string of the molecule is C=CCn1c(=O)sc2cc(NC(=O)c3cccc(Cl)c3)ccc21. The van der Waals surface area contributed by atoms with Crippen molar-refractivity contribution in [3.05, 3.63) is 75.4 Å². The van der Waals surface area contributed by atoms with Crippen LogP contribution in [0, 0.1) is 0 Å². The molecule has 23 heavy (non-hydrogen) atoms. The molecule has 4 nitrogen and oxygen atoms in total. The van der Waals surface area contributed by atoms with E-state index in [1.54, 1.807) is 47.0 Å². The Labute approximate surface area is 141 Å². The molecule has 1 N–H and O–H groups in total. The summed E-state index contributed by atoms with van der Waals surface area (Å²) in [6.07, 6.45) is 1.68. The summed E-state index contributed by atoms with van der Waals surface area (Å²) in [5.74, 6) is -0.246. The second-order valence-electron chi connectivity index (χ2n) is 4.91. The van der Waals surface area contributed by atoms with Gasteiger partial charge in [-0.15, -0.1) is 6.58 Å². The van der Waals surface area contributed by atoms with E-state index in [0.717, 1.165) is 21.6 Å². The van der Waals surface area contributed by atoms with Crippen LogP contribution in [0.5, 0.6) is 0 Å². The van der Waals surface area contributed by atoms with Gasteiger partial charge in [-0.1, -0.05) is 35.1 Å². The number of amides is 1. The third kappa shape index (κ3) is 3.21. The molecule has 3 rings (SSSR count). The molecule has 0 spiro atoms. The van der Waals surface area contributed by atoms with Gasteiger partial charge in [-0.25, -0.2) is 0 Å². The third-order valence-corrected chi connectivity index (χ3v) is 4.50. The van der Waals surface area contributed by atoms with Gasteiger partial charge in [0.05, 0.1) is 10.2 Å². The summed E-state index contributed by atoms with van der Waals surface area (Å²) in [6.45, 7) is 4.12. The van der Waals surface area contributed by atoms with Gasteiger partial charge in [0.15, 0.2) is 0 Å². The van der Waals surface area contributed by atoms with Crippen molar-refractivity contribution in [2.24, 2.45) is 0 Å². The number of rotatable bonds is 4. The Morgan fingerprint density at radius 1 is 1.30 bits per heavy atom. The molecule has 0 aliphatic heterocycles. The molecule has 1 heterocycles. The molecule has 3 aromatic rings. The molecule has 0 saturated carbocycles. The predicted molar refractivity (Wildman–Crippen MR) is 95.7 cm³/mol. The number of carbonyl (C=O) groups is 1. The first-order chi connectivity index (χ1) is 11.1. The van der Waals surface area contributed by atoms with E-state index in [-0.39, 0.29) is 10.8 Å². The van der Waals surface area contributed by atoms with E-state index in [9.17, 15) is 9.59 Å². The third-order valence-electron chi connectivity index (χ3n) is 3.32. The van der Waals surface area contributed by atoms with Crippen molar-refractivity contribution in [2.45, 2.75) is 6.54 Å². The quantitative estimate of drug-likeness (QED) is 0.723. The number of carbonyl (C=O) groups excluding carboxylic acids is 1. The Bertz CT molecular complexity index is 959. The summed E-state index contributed by atoms with van der Waals surface area (Å²) >= 11 is 7.04. The number of nitrogens with zero attached hydrogens (tertiary/aromatic N) is 1. The number of allylic oxidation sites excluding steroid dienone is 1. The van der Waals surface area contributed by atoms with Gasteiger partial charge in [-0.2, -0.15) is 0 Å². The summed E-state index contributed by atoms with van der Waals surface area (Å²) < 4.78 is 2.47. The minimum absolute atomic E-state index is 0.0433. The molecule has 0 saturated heterocycles. The fraction of sp³-hybridized carbons (Fsp3) is 0.0588. The van der Waals surface area contributed by atoms with Crippen LogP contribution < -0.4 is 10.2 Å². The maximum Gasteiger partial charge on any atom is 0.308 e. The van der Waals surface area contributed by atoms with E-state index < -0.39 is 0 Å². The van der Waals surface area contributed by atoms with E-state index in [1.807, 2.05) is 6.07 Å². The molecule has 0 unspecified atom stereocenters. The topological polar surface area (TPSA) is 51.1 Å². The first-order valence-corrected chi connectivity index (χ1v) is 8.09. The van der Waals surface area contributed by atoms with Gasteiger partial charge < -0.3 is 5.32 Å². The summed E-state index contributed by atoms with van der Waals surface area (Å²) in [5, 5.41) is 3.32. The zero-order valence-electron chi connectivity index (χ0n) is 12.1. The summed E-state index contributed by atoms with van der Waals surface area (Å²) in [4.78, 5) is 24.1. The van der Waals surface area contributed by atoms with E-state index in [0.29, 0.717) is 22.8 Å². The van der Waals surface area contributed by atoms with Crippen LogP contribution in [-0.4, -0.2) is 10.5 Å². The lowest BCUT2D eigenvalue weighted by molar-refractivity contribution is 0.102. The van der Waals surface area contributed by atoms with Crippen molar-refractivity contribution in [1.82, 2.24) is 4.57 Å². The molecule has 0 bridgehead atoms. The highest BCUT2D eigenvalue weighted by Gasteiger charge is 2.10. The highest BCUT2D eigenvalue weighted by Crippen LogP contribution is 2.22. The second-order valence-corrected chi connectivity index (χ2v) is 6.34. The lowest BCUT2D eigenvalue weighted by atomic mass is 10.2. The smallest absolute Gasteiger partial charge is 0.308 e. The van der Waals surface area contributed by atoms with Crippen LogP contribution in [-0.2, 0) is 6.54 Å². The van der Waals surface area contributed by atoms with Gasteiger partial charge >= 0.3 is 4.87 Å². The minimum atomic E-state index is -0.246. The summed E-state index contributed by atoms with van der Waals surface area (Å²) in [7, 11) is 0.